The summed E-state index contributed by atoms with van der Waals surface area (Å²) in [5.41, 5.74) is 1.24. The van der Waals surface area contributed by atoms with E-state index in [-0.39, 0.29) is 5.43 Å². The number of benzene rings is 2. The lowest BCUT2D eigenvalue weighted by molar-refractivity contribution is 0.205. The van der Waals surface area contributed by atoms with Gasteiger partial charge in [0, 0.05) is 18.2 Å². The van der Waals surface area contributed by atoms with Crippen LogP contribution in [0.25, 0.3) is 22.3 Å². The summed E-state index contributed by atoms with van der Waals surface area (Å²) < 4.78 is 17.1. The predicted molar refractivity (Wildman–Crippen MR) is 115 cm³/mol. The minimum Gasteiger partial charge on any atom is -0.496 e. The first-order chi connectivity index (χ1) is 14.2. The van der Waals surface area contributed by atoms with Crippen molar-refractivity contribution < 1.29 is 13.9 Å². The number of methoxy groups -OCH3 is 1. The molecule has 1 aliphatic rings. The number of piperidine rings is 1. The van der Waals surface area contributed by atoms with Gasteiger partial charge in [-0.2, -0.15) is 0 Å². The van der Waals surface area contributed by atoms with Crippen molar-refractivity contribution in [1.82, 2.24) is 4.90 Å². The molecule has 1 saturated heterocycles. The monoisotopic (exact) mass is 393 g/mol. The molecule has 0 N–H and O–H groups in total. The standard InChI is InChI=1S/C24H27NO4/c1-27-21-7-5-8-22-24(21)20(26)17-23(29-22)18-9-11-19(12-10-18)28-16-6-15-25-13-3-2-4-14-25/h5,7-12,17H,2-4,6,13-16H2,1H3. The van der Waals surface area contributed by atoms with Gasteiger partial charge in [-0.25, -0.2) is 0 Å². The molecule has 3 aromatic rings. The lowest BCUT2D eigenvalue weighted by atomic mass is 10.1. The molecule has 1 fully saturated rings. The van der Waals surface area contributed by atoms with Gasteiger partial charge in [0.15, 0.2) is 5.43 Å². The Bertz CT molecular complexity index is 1000. The molecule has 1 aliphatic heterocycles. The van der Waals surface area contributed by atoms with E-state index in [1.165, 1.54) is 38.4 Å². The summed E-state index contributed by atoms with van der Waals surface area (Å²) in [6.07, 6.45) is 5.04. The van der Waals surface area contributed by atoms with Crippen molar-refractivity contribution in [3.05, 3.63) is 58.8 Å². The second-order valence-corrected chi connectivity index (χ2v) is 7.44. The van der Waals surface area contributed by atoms with Gasteiger partial charge >= 0.3 is 0 Å². The molecule has 1 aromatic heterocycles. The molecule has 152 valence electrons. The summed E-state index contributed by atoms with van der Waals surface area (Å²) in [6, 6.07) is 14.6. The lowest BCUT2D eigenvalue weighted by Gasteiger charge is -2.26. The number of rotatable bonds is 7. The van der Waals surface area contributed by atoms with Crippen LogP contribution in [0.2, 0.25) is 0 Å². The summed E-state index contributed by atoms with van der Waals surface area (Å²) in [5, 5.41) is 0.465. The minimum absolute atomic E-state index is 0.114. The summed E-state index contributed by atoms with van der Waals surface area (Å²) in [4.78, 5) is 15.1. The molecule has 0 unspecified atom stereocenters. The van der Waals surface area contributed by atoms with Gasteiger partial charge in [-0.15, -0.1) is 0 Å². The zero-order valence-corrected chi connectivity index (χ0v) is 16.9. The zero-order valence-electron chi connectivity index (χ0n) is 16.9. The van der Waals surface area contributed by atoms with Gasteiger partial charge in [-0.3, -0.25) is 4.79 Å². The zero-order chi connectivity index (χ0) is 20.1. The first-order valence-electron chi connectivity index (χ1n) is 10.3. The van der Waals surface area contributed by atoms with Crippen LogP contribution in [-0.2, 0) is 0 Å². The molecule has 0 aliphatic carbocycles. The van der Waals surface area contributed by atoms with Gasteiger partial charge in [-0.1, -0.05) is 12.5 Å². The summed E-state index contributed by atoms with van der Waals surface area (Å²) >= 11 is 0. The molecule has 2 aromatic carbocycles. The topological polar surface area (TPSA) is 51.9 Å². The van der Waals surface area contributed by atoms with E-state index >= 15 is 0 Å². The Morgan fingerprint density at radius 2 is 1.83 bits per heavy atom. The molecule has 4 rings (SSSR count). The van der Waals surface area contributed by atoms with Crippen LogP contribution in [0.3, 0.4) is 0 Å². The third-order valence-electron chi connectivity index (χ3n) is 5.41. The fourth-order valence-electron chi connectivity index (χ4n) is 3.87. The number of nitrogens with zero attached hydrogens (tertiary/aromatic N) is 1. The third-order valence-corrected chi connectivity index (χ3v) is 5.41. The molecule has 0 radical (unpaired) electrons. The molecule has 0 saturated carbocycles. The number of ether oxygens (including phenoxy) is 2. The number of fused-ring (bicyclic) bond motifs is 1. The maximum Gasteiger partial charge on any atom is 0.197 e. The Balaban J connectivity index is 1.40. The van der Waals surface area contributed by atoms with E-state index in [1.807, 2.05) is 30.3 Å². The Labute approximate surface area is 170 Å². The Kier molecular flexibility index (Phi) is 6.15. The van der Waals surface area contributed by atoms with Crippen LogP contribution in [0.4, 0.5) is 0 Å². The van der Waals surface area contributed by atoms with Crippen LogP contribution >= 0.6 is 0 Å². The summed E-state index contributed by atoms with van der Waals surface area (Å²) in [7, 11) is 1.55. The van der Waals surface area contributed by atoms with E-state index in [2.05, 4.69) is 4.90 Å². The van der Waals surface area contributed by atoms with E-state index in [0.29, 0.717) is 29.1 Å². The van der Waals surface area contributed by atoms with Crippen molar-refractivity contribution in [2.75, 3.05) is 33.4 Å². The molecule has 0 bridgehead atoms. The molecule has 0 spiro atoms. The van der Waals surface area contributed by atoms with Crippen molar-refractivity contribution in [3.8, 4) is 22.8 Å². The van der Waals surface area contributed by atoms with E-state index in [0.717, 1.165) is 24.3 Å². The van der Waals surface area contributed by atoms with Gasteiger partial charge in [0.1, 0.15) is 28.2 Å². The van der Waals surface area contributed by atoms with Crippen molar-refractivity contribution in [1.29, 1.82) is 0 Å². The van der Waals surface area contributed by atoms with Gasteiger partial charge < -0.3 is 18.8 Å². The highest BCUT2D eigenvalue weighted by atomic mass is 16.5. The van der Waals surface area contributed by atoms with Gasteiger partial charge in [0.25, 0.3) is 0 Å². The largest absolute Gasteiger partial charge is 0.496 e. The molecule has 29 heavy (non-hydrogen) atoms. The number of likely N-dealkylation sites (tertiary alicyclic amines) is 1. The highest BCUT2D eigenvalue weighted by Gasteiger charge is 2.12. The second kappa shape index (κ2) is 9.14. The molecular formula is C24H27NO4. The Morgan fingerprint density at radius 3 is 2.59 bits per heavy atom. The van der Waals surface area contributed by atoms with Crippen molar-refractivity contribution in [3.63, 3.8) is 0 Å². The Morgan fingerprint density at radius 1 is 1.03 bits per heavy atom. The van der Waals surface area contributed by atoms with E-state index in [9.17, 15) is 4.79 Å². The van der Waals surface area contributed by atoms with Crippen molar-refractivity contribution in [2.24, 2.45) is 0 Å². The quantitative estimate of drug-likeness (QED) is 0.544. The smallest absolute Gasteiger partial charge is 0.197 e. The average Bonchev–Trinajstić information content (AvgIpc) is 2.77. The average molecular weight is 393 g/mol. The summed E-state index contributed by atoms with van der Waals surface area (Å²) in [5.74, 6) is 1.89. The van der Waals surface area contributed by atoms with Gasteiger partial charge in [0.05, 0.1) is 13.7 Å². The van der Waals surface area contributed by atoms with Crippen molar-refractivity contribution >= 4 is 11.0 Å². The van der Waals surface area contributed by atoms with E-state index in [1.54, 1.807) is 19.2 Å². The maximum atomic E-state index is 12.6. The number of hydrogen-bond donors (Lipinski definition) is 0. The molecular weight excluding hydrogens is 366 g/mol. The second-order valence-electron chi connectivity index (χ2n) is 7.44. The third kappa shape index (κ3) is 4.62. The van der Waals surface area contributed by atoms with Crippen LogP contribution < -0.4 is 14.9 Å². The highest BCUT2D eigenvalue weighted by molar-refractivity contribution is 5.84. The molecule has 5 heteroatoms. The van der Waals surface area contributed by atoms with Crippen LogP contribution in [0.1, 0.15) is 25.7 Å². The molecule has 0 amide bonds. The molecule has 0 atom stereocenters. The highest BCUT2D eigenvalue weighted by Crippen LogP contribution is 2.28. The van der Waals surface area contributed by atoms with Crippen LogP contribution in [0, 0.1) is 0 Å². The molecule has 2 heterocycles. The fourth-order valence-corrected chi connectivity index (χ4v) is 3.87. The fraction of sp³-hybridized carbons (Fsp3) is 0.375. The minimum atomic E-state index is -0.114. The van der Waals surface area contributed by atoms with Gasteiger partial charge in [-0.05, 0) is 68.8 Å². The SMILES string of the molecule is COc1cccc2oc(-c3ccc(OCCCN4CCCCC4)cc3)cc(=O)c12. The molecule has 5 nitrogen and oxygen atoms in total. The van der Waals surface area contributed by atoms with Crippen molar-refractivity contribution in [2.45, 2.75) is 25.7 Å². The van der Waals surface area contributed by atoms with E-state index < -0.39 is 0 Å². The normalized spacial score (nSPS) is 14.8. The lowest BCUT2D eigenvalue weighted by Crippen LogP contribution is -2.31. The first-order valence-corrected chi connectivity index (χ1v) is 10.3. The first kappa shape index (κ1) is 19.5. The van der Waals surface area contributed by atoms with Crippen LogP contribution in [0.15, 0.2) is 57.7 Å². The van der Waals surface area contributed by atoms with Crippen LogP contribution in [-0.4, -0.2) is 38.3 Å². The predicted octanol–water partition coefficient (Wildman–Crippen LogP) is 4.72. The number of hydrogen-bond acceptors (Lipinski definition) is 5. The Hall–Kier alpha value is -2.79. The van der Waals surface area contributed by atoms with Crippen LogP contribution in [0.5, 0.6) is 11.5 Å². The summed E-state index contributed by atoms with van der Waals surface area (Å²) in [6.45, 7) is 4.25. The van der Waals surface area contributed by atoms with E-state index in [4.69, 9.17) is 13.9 Å². The maximum absolute atomic E-state index is 12.6. The van der Waals surface area contributed by atoms with Gasteiger partial charge in [0.2, 0.25) is 0 Å².